The highest BCUT2D eigenvalue weighted by atomic mass is 32.2. The Labute approximate surface area is 123 Å². The summed E-state index contributed by atoms with van der Waals surface area (Å²) in [6.07, 6.45) is 1.08. The van der Waals surface area contributed by atoms with E-state index in [0.29, 0.717) is 5.69 Å². The lowest BCUT2D eigenvalue weighted by atomic mass is 10.3. The summed E-state index contributed by atoms with van der Waals surface area (Å²) < 4.78 is 49.3. The van der Waals surface area contributed by atoms with Crippen LogP contribution in [0.1, 0.15) is 0 Å². The average molecular weight is 326 g/mol. The van der Waals surface area contributed by atoms with Crippen molar-refractivity contribution in [2.45, 2.75) is 9.79 Å². The zero-order valence-electron chi connectivity index (χ0n) is 11.1. The minimum Gasteiger partial charge on any atom is -0.399 e. The highest BCUT2D eigenvalue weighted by Gasteiger charge is 2.14. The zero-order chi connectivity index (χ0) is 15.7. The fraction of sp³-hybridized carbons (Fsp3) is 0.0769. The molecule has 0 saturated heterocycles. The molecule has 0 aliphatic carbocycles. The third kappa shape index (κ3) is 3.73. The lowest BCUT2D eigenvalue weighted by Crippen LogP contribution is -2.13. The van der Waals surface area contributed by atoms with Gasteiger partial charge in [0.25, 0.3) is 10.0 Å². The van der Waals surface area contributed by atoms with Crippen LogP contribution < -0.4 is 10.5 Å². The molecule has 3 N–H and O–H groups in total. The van der Waals surface area contributed by atoms with E-state index in [9.17, 15) is 16.8 Å². The molecule has 0 amide bonds. The number of nitrogen functional groups attached to an aromatic ring is 1. The lowest BCUT2D eigenvalue weighted by Gasteiger charge is -2.08. The molecule has 0 spiro atoms. The van der Waals surface area contributed by atoms with Crippen molar-refractivity contribution in [3.05, 3.63) is 48.5 Å². The second kappa shape index (κ2) is 5.38. The van der Waals surface area contributed by atoms with E-state index < -0.39 is 19.9 Å². The molecule has 6 nitrogen and oxygen atoms in total. The zero-order valence-corrected chi connectivity index (χ0v) is 12.8. The number of rotatable bonds is 4. The molecule has 0 radical (unpaired) electrons. The number of nitrogens with one attached hydrogen (secondary N) is 1. The number of benzene rings is 2. The molecule has 0 saturated carbocycles. The summed E-state index contributed by atoms with van der Waals surface area (Å²) in [5.74, 6) is 0. The van der Waals surface area contributed by atoms with Gasteiger partial charge in [-0.25, -0.2) is 16.8 Å². The van der Waals surface area contributed by atoms with Crippen LogP contribution in [0.3, 0.4) is 0 Å². The van der Waals surface area contributed by atoms with Gasteiger partial charge >= 0.3 is 0 Å². The molecule has 0 heterocycles. The molecule has 0 bridgehead atoms. The summed E-state index contributed by atoms with van der Waals surface area (Å²) in [6, 6.07) is 11.2. The van der Waals surface area contributed by atoms with Crippen molar-refractivity contribution in [2.24, 2.45) is 0 Å². The Morgan fingerprint density at radius 3 is 1.76 bits per heavy atom. The normalized spacial score (nSPS) is 12.0. The fourth-order valence-electron chi connectivity index (χ4n) is 1.63. The van der Waals surface area contributed by atoms with Crippen LogP contribution >= 0.6 is 0 Å². The van der Waals surface area contributed by atoms with Gasteiger partial charge in [-0.3, -0.25) is 4.72 Å². The molecule has 8 heteroatoms. The van der Waals surface area contributed by atoms with E-state index in [2.05, 4.69) is 4.72 Å². The molecule has 0 unspecified atom stereocenters. The third-order valence-corrected chi connectivity index (χ3v) is 5.25. The van der Waals surface area contributed by atoms with Gasteiger partial charge in [-0.1, -0.05) is 0 Å². The highest BCUT2D eigenvalue weighted by Crippen LogP contribution is 2.19. The van der Waals surface area contributed by atoms with Gasteiger partial charge in [-0.05, 0) is 48.5 Å². The molecule has 0 fully saturated rings. The fourth-order valence-corrected chi connectivity index (χ4v) is 3.32. The van der Waals surface area contributed by atoms with Gasteiger partial charge < -0.3 is 5.73 Å². The Morgan fingerprint density at radius 2 is 1.29 bits per heavy atom. The van der Waals surface area contributed by atoms with Crippen molar-refractivity contribution in [2.75, 3.05) is 16.7 Å². The molecule has 2 aromatic rings. The minimum absolute atomic E-state index is 0.0730. The first kappa shape index (κ1) is 15.3. The van der Waals surface area contributed by atoms with Crippen LogP contribution in [-0.2, 0) is 19.9 Å². The predicted octanol–water partition coefficient (Wildman–Crippen LogP) is 1.47. The topological polar surface area (TPSA) is 106 Å². The Hall–Kier alpha value is -2.06. The summed E-state index contributed by atoms with van der Waals surface area (Å²) in [5, 5.41) is 0. The Kier molecular flexibility index (Phi) is 3.93. The number of sulfonamides is 1. The smallest absolute Gasteiger partial charge is 0.261 e. The minimum atomic E-state index is -3.73. The van der Waals surface area contributed by atoms with Crippen LogP contribution in [0.4, 0.5) is 11.4 Å². The van der Waals surface area contributed by atoms with Crippen molar-refractivity contribution >= 4 is 31.2 Å². The van der Waals surface area contributed by atoms with E-state index >= 15 is 0 Å². The third-order valence-electron chi connectivity index (χ3n) is 2.73. The van der Waals surface area contributed by atoms with Crippen LogP contribution in [0.5, 0.6) is 0 Å². The summed E-state index contributed by atoms with van der Waals surface area (Å²) >= 11 is 0. The van der Waals surface area contributed by atoms with Crippen molar-refractivity contribution in [3.8, 4) is 0 Å². The van der Waals surface area contributed by atoms with E-state index in [0.717, 1.165) is 6.26 Å². The lowest BCUT2D eigenvalue weighted by molar-refractivity contribution is 0.600. The average Bonchev–Trinajstić information content (AvgIpc) is 2.38. The highest BCUT2D eigenvalue weighted by molar-refractivity contribution is 7.92. The maximum Gasteiger partial charge on any atom is 0.261 e. The quantitative estimate of drug-likeness (QED) is 0.828. The van der Waals surface area contributed by atoms with E-state index in [1.54, 1.807) is 0 Å². The van der Waals surface area contributed by atoms with Gasteiger partial charge in [0.15, 0.2) is 9.84 Å². The Bertz CT molecular complexity index is 840. The first-order valence-electron chi connectivity index (χ1n) is 5.87. The molecular weight excluding hydrogens is 312 g/mol. The van der Waals surface area contributed by atoms with E-state index in [-0.39, 0.29) is 15.5 Å². The van der Waals surface area contributed by atoms with Crippen LogP contribution in [0.25, 0.3) is 0 Å². The molecule has 2 aromatic carbocycles. The standard InChI is InChI=1S/C13H14N2O4S2/c1-20(16,17)12-8-4-11(5-9-12)15-21(18,19)13-6-2-10(14)3-7-13/h2-9,15H,14H2,1H3. The Morgan fingerprint density at radius 1 is 0.810 bits per heavy atom. The molecule has 0 aliphatic heterocycles. The first-order chi connectivity index (χ1) is 9.68. The number of nitrogens with two attached hydrogens (primary N) is 1. The molecule has 112 valence electrons. The second-order valence-corrected chi connectivity index (χ2v) is 8.17. The summed E-state index contributed by atoms with van der Waals surface area (Å²) in [4.78, 5) is 0.196. The number of sulfone groups is 1. The maximum absolute atomic E-state index is 12.1. The number of hydrogen-bond donors (Lipinski definition) is 2. The van der Waals surface area contributed by atoms with Crippen molar-refractivity contribution in [1.29, 1.82) is 0 Å². The molecule has 2 rings (SSSR count). The number of hydrogen-bond acceptors (Lipinski definition) is 5. The second-order valence-electron chi connectivity index (χ2n) is 4.47. The van der Waals surface area contributed by atoms with E-state index in [4.69, 9.17) is 5.73 Å². The van der Waals surface area contributed by atoms with Crippen molar-refractivity contribution < 1.29 is 16.8 Å². The molecule has 0 atom stereocenters. The van der Waals surface area contributed by atoms with Gasteiger partial charge in [0.2, 0.25) is 0 Å². The maximum atomic E-state index is 12.1. The predicted molar refractivity (Wildman–Crippen MR) is 81.2 cm³/mol. The molecular formula is C13H14N2O4S2. The van der Waals surface area contributed by atoms with E-state index in [1.165, 1.54) is 48.5 Å². The number of anilines is 2. The van der Waals surface area contributed by atoms with Crippen molar-refractivity contribution in [3.63, 3.8) is 0 Å². The Balaban J connectivity index is 2.27. The van der Waals surface area contributed by atoms with Gasteiger partial charge in [0, 0.05) is 17.6 Å². The largest absolute Gasteiger partial charge is 0.399 e. The first-order valence-corrected chi connectivity index (χ1v) is 9.24. The molecule has 21 heavy (non-hydrogen) atoms. The monoisotopic (exact) mass is 326 g/mol. The van der Waals surface area contributed by atoms with Crippen LogP contribution in [0.2, 0.25) is 0 Å². The summed E-state index contributed by atoms with van der Waals surface area (Å²) in [7, 11) is -7.04. The molecule has 0 aliphatic rings. The van der Waals surface area contributed by atoms with E-state index in [1.807, 2.05) is 0 Å². The van der Waals surface area contributed by atoms with Gasteiger partial charge in [0.05, 0.1) is 9.79 Å². The van der Waals surface area contributed by atoms with Crippen LogP contribution in [0, 0.1) is 0 Å². The van der Waals surface area contributed by atoms with Crippen LogP contribution in [0.15, 0.2) is 58.3 Å². The van der Waals surface area contributed by atoms with Gasteiger partial charge in [-0.2, -0.15) is 0 Å². The summed E-state index contributed by atoms with van der Waals surface area (Å²) in [6.45, 7) is 0. The van der Waals surface area contributed by atoms with Gasteiger partial charge in [-0.15, -0.1) is 0 Å². The van der Waals surface area contributed by atoms with Gasteiger partial charge in [0.1, 0.15) is 0 Å². The molecule has 0 aromatic heterocycles. The SMILES string of the molecule is CS(=O)(=O)c1ccc(NS(=O)(=O)c2ccc(N)cc2)cc1. The summed E-state index contributed by atoms with van der Waals surface area (Å²) in [5.41, 5.74) is 6.25. The van der Waals surface area contributed by atoms with Crippen LogP contribution in [-0.4, -0.2) is 23.1 Å². The van der Waals surface area contributed by atoms with Crippen molar-refractivity contribution in [1.82, 2.24) is 0 Å².